The van der Waals surface area contributed by atoms with E-state index in [1.54, 1.807) is 36.4 Å². The standard InChI is InChI=1S/C19H21N.C18H25N3O2.C16H23N.2C15H19NO2.C14H17NO.C13H14N2.C13H17N/c1-19(2,3)17-10-9-16-11-12-20(18(16)13-17)14-15-7-5-4-6-8-15;1-18(2,3)14-7-6-13-8-9-21(15(13)10-14)17(23)12-20(5)16(22)11-19-4;1-15(2,3)12-8-7-11-9-14(16(4,5)6)17-13(11)10-12;1-5-18-14(17)12-8-10(15(2,3)4)9-13-11(12)6-7-16-13;1-5-18-14(17)12-11(15(2,3)4)7-6-10-8-9-16-13(10)12;1-10(16)15-8-7-11-5-6-12(9-13(11)15)14(2,3)4;1-13(2,3)10-5-4-9-6-11(8-14)15-12(9)7-10;1-13(2,3)11-6-5-10-7-8-14(4)12(10)9-11/h4-13H,14H2,1-3H3;6-10,19H,11-12H2,1-5H3;7-10,17H,1-6H3;2*6-9,16H,5H2,1-4H3;5-9H,1-4H3;4-7,15H,1-3H3;5-9H,1-4H3. The highest BCUT2D eigenvalue weighted by atomic mass is 16.5. The summed E-state index contributed by atoms with van der Waals surface area (Å²) in [6, 6.07) is 76.2. The van der Waals surface area contributed by atoms with E-state index in [4.69, 9.17) is 14.7 Å². The number of aryl methyl sites for hydroxylation is 1. The highest BCUT2D eigenvalue weighted by molar-refractivity contribution is 6.06. The molecule has 8 heterocycles. The predicted octanol–water partition coefficient (Wildman–Crippen LogP) is 29.7. The molecule has 0 atom stereocenters. The first kappa shape index (κ1) is 110. The zero-order chi connectivity index (χ0) is 104. The minimum atomic E-state index is -0.256. The van der Waals surface area contributed by atoms with Crippen molar-refractivity contribution in [3.05, 3.63) is 322 Å². The van der Waals surface area contributed by atoms with Gasteiger partial charge in [-0.15, -0.1) is 0 Å². The van der Waals surface area contributed by atoms with Crippen molar-refractivity contribution in [1.29, 1.82) is 5.26 Å². The third kappa shape index (κ3) is 28.5. The van der Waals surface area contributed by atoms with Crippen molar-refractivity contribution in [1.82, 2.24) is 48.4 Å². The van der Waals surface area contributed by atoms with Crippen LogP contribution in [0.25, 0.3) is 87.2 Å². The Morgan fingerprint density at radius 2 is 0.830 bits per heavy atom. The van der Waals surface area contributed by atoms with Crippen molar-refractivity contribution in [3.8, 4) is 6.07 Å². The van der Waals surface area contributed by atoms with Gasteiger partial charge in [0.1, 0.15) is 18.3 Å². The van der Waals surface area contributed by atoms with Crippen molar-refractivity contribution in [2.24, 2.45) is 7.05 Å². The van der Waals surface area contributed by atoms with Crippen molar-refractivity contribution in [2.45, 2.75) is 263 Å². The van der Waals surface area contributed by atoms with E-state index in [-0.39, 0.29) is 91.5 Å². The summed E-state index contributed by atoms with van der Waals surface area (Å²) in [4.78, 5) is 74.4. The maximum Gasteiger partial charge on any atom is 0.340 e. The zero-order valence-electron chi connectivity index (χ0n) is 90.2. The maximum absolute atomic E-state index is 12.5. The molecule has 0 fully saturated rings. The number of rotatable bonds is 10. The molecule has 744 valence electrons. The first-order valence-electron chi connectivity index (χ1n) is 49.3. The normalized spacial score (nSPS) is 12.0. The van der Waals surface area contributed by atoms with Gasteiger partial charge < -0.3 is 48.8 Å². The average Bonchev–Trinajstić information content (AvgIpc) is 1.75. The van der Waals surface area contributed by atoms with Crippen molar-refractivity contribution in [3.63, 3.8) is 0 Å². The summed E-state index contributed by atoms with van der Waals surface area (Å²) in [5.74, 6) is -0.671. The van der Waals surface area contributed by atoms with Crippen LogP contribution in [-0.4, -0.2) is 113 Å². The first-order valence-corrected chi connectivity index (χ1v) is 49.3. The number of fused-ring (bicyclic) bond motifs is 8. The van der Waals surface area contributed by atoms with Crippen LogP contribution in [0.1, 0.15) is 299 Å². The summed E-state index contributed by atoms with van der Waals surface area (Å²) in [6.45, 7) is 66.4. The van der Waals surface area contributed by atoms with Crippen LogP contribution in [0.3, 0.4) is 0 Å². The number of H-pyrrole nitrogens is 4. The number of carbonyl (C=O) groups is 5. The minimum absolute atomic E-state index is 0.000540. The molecule has 18 nitrogen and oxygen atoms in total. The summed E-state index contributed by atoms with van der Waals surface area (Å²) >= 11 is 0. The molecule has 0 saturated heterocycles. The van der Waals surface area contributed by atoms with E-state index in [9.17, 15) is 24.0 Å². The van der Waals surface area contributed by atoms with E-state index in [0.717, 1.165) is 72.2 Å². The highest BCUT2D eigenvalue weighted by Crippen LogP contribution is 2.38. The number of nitriles is 1. The summed E-state index contributed by atoms with van der Waals surface area (Å²) in [7, 11) is 5.44. The summed E-state index contributed by atoms with van der Waals surface area (Å²) in [5, 5.41) is 20.7. The van der Waals surface area contributed by atoms with Gasteiger partial charge in [0.15, 0.2) is 0 Å². The van der Waals surface area contributed by atoms with Gasteiger partial charge >= 0.3 is 11.9 Å². The molecule has 0 aliphatic heterocycles. The lowest BCUT2D eigenvalue weighted by molar-refractivity contribution is -0.128. The van der Waals surface area contributed by atoms with E-state index in [0.29, 0.717) is 30.0 Å². The maximum atomic E-state index is 12.5. The van der Waals surface area contributed by atoms with E-state index in [1.165, 1.54) is 82.2 Å². The second-order valence-electron chi connectivity index (χ2n) is 46.2. The lowest BCUT2D eigenvalue weighted by Gasteiger charge is -2.22. The fourth-order valence-electron chi connectivity index (χ4n) is 16.4. The van der Waals surface area contributed by atoms with E-state index < -0.39 is 0 Å². The third-order valence-corrected chi connectivity index (χ3v) is 25.4. The van der Waals surface area contributed by atoms with Crippen LogP contribution in [0.15, 0.2) is 250 Å². The Kier molecular flexibility index (Phi) is 34.6. The average molecular weight is 1900 g/mol. The topological polar surface area (TPSA) is 226 Å². The number of amides is 1. The number of hydrogen-bond acceptors (Lipinski definition) is 9. The zero-order valence-corrected chi connectivity index (χ0v) is 90.2. The van der Waals surface area contributed by atoms with Gasteiger partial charge in [0, 0.05) is 130 Å². The lowest BCUT2D eigenvalue weighted by atomic mass is 9.83. The minimum Gasteiger partial charge on any atom is -0.462 e. The smallest absolute Gasteiger partial charge is 0.340 e. The predicted molar refractivity (Wildman–Crippen MR) is 591 cm³/mol. The molecule has 18 heteroatoms. The Labute approximate surface area is 837 Å². The molecule has 0 spiro atoms. The second-order valence-corrected chi connectivity index (χ2v) is 46.2. The Hall–Kier alpha value is -13.5. The molecule has 0 bridgehead atoms. The largest absolute Gasteiger partial charge is 0.462 e. The van der Waals surface area contributed by atoms with Gasteiger partial charge in [0.25, 0.3) is 5.91 Å². The quantitative estimate of drug-likeness (QED) is 0.0820. The molecular weight excluding hydrogens is 1740 g/mol. The molecule has 0 aliphatic rings. The Bertz CT molecular complexity index is 7240. The van der Waals surface area contributed by atoms with E-state index in [1.807, 2.05) is 87.0 Å². The van der Waals surface area contributed by atoms with E-state index in [2.05, 4.69) is 405 Å². The number of likely N-dealkylation sites (N-methyl/N-ethyl adjacent to an activating group) is 2. The van der Waals surface area contributed by atoms with Gasteiger partial charge in [0.05, 0.1) is 47.4 Å². The summed E-state index contributed by atoms with van der Waals surface area (Å²) in [5.41, 5.74) is 24.2. The number of ether oxygens (including phenoxy) is 2. The molecule has 9 aromatic carbocycles. The third-order valence-electron chi connectivity index (χ3n) is 25.4. The van der Waals surface area contributed by atoms with Crippen LogP contribution >= 0.6 is 0 Å². The molecule has 17 aromatic rings. The van der Waals surface area contributed by atoms with Gasteiger partial charge in [-0.3, -0.25) is 23.5 Å². The molecule has 0 radical (unpaired) electrons. The summed E-state index contributed by atoms with van der Waals surface area (Å²) < 4.78 is 18.1. The molecule has 0 saturated carbocycles. The number of hydrogen-bond donors (Lipinski definition) is 5. The van der Waals surface area contributed by atoms with Gasteiger partial charge in [-0.25, -0.2) is 9.59 Å². The highest BCUT2D eigenvalue weighted by Gasteiger charge is 2.29. The van der Waals surface area contributed by atoms with Gasteiger partial charge in [-0.2, -0.15) is 5.26 Å². The fraction of sp³-hybridized carbons (Fsp3) is 0.382. The molecule has 0 unspecified atom stereocenters. The summed E-state index contributed by atoms with van der Waals surface area (Å²) in [6.07, 6.45) is 11.6. The Balaban J connectivity index is 0.000000166. The van der Waals surface area contributed by atoms with Crippen molar-refractivity contribution in [2.75, 3.05) is 40.4 Å². The van der Waals surface area contributed by atoms with Gasteiger partial charge in [-0.1, -0.05) is 302 Å². The van der Waals surface area contributed by atoms with Crippen LogP contribution in [0.2, 0.25) is 0 Å². The fourth-order valence-corrected chi connectivity index (χ4v) is 16.4. The number of aromatic nitrogens is 8. The van der Waals surface area contributed by atoms with Crippen LogP contribution < -0.4 is 5.32 Å². The van der Waals surface area contributed by atoms with Crippen molar-refractivity contribution < 1.29 is 33.4 Å². The Morgan fingerprint density at radius 3 is 1.32 bits per heavy atom. The molecule has 17 rings (SSSR count). The van der Waals surface area contributed by atoms with Crippen LogP contribution in [0.5, 0.6) is 0 Å². The monoisotopic (exact) mass is 1900 g/mol. The molecule has 8 aromatic heterocycles. The Morgan fingerprint density at radius 1 is 0.404 bits per heavy atom. The van der Waals surface area contributed by atoms with Gasteiger partial charge in [-0.05, 0) is 228 Å². The number of esters is 2. The number of nitrogens with one attached hydrogen (secondary N) is 5. The SMILES string of the molecule is CC(=O)n1ccc2ccc(C(C)(C)C)cc21.CC(C)(C)c1ccc2cc(C#N)[nH]c2c1.CC(C)(C)c1ccc2cc(C(C)(C)C)[nH]c2c1.CC(C)(C)c1ccc2ccn(Cc3ccccc3)c2c1.CCOC(=O)c1c(C(C)(C)C)ccc2cc[nH]c12.CCOC(=O)c1cc(C(C)(C)C)cc2[nH]ccc12.CNCC(=O)N(C)CC(=O)n1ccc2ccc(C(C)(C)C)cc21.Cn1ccc2ccc(C(C)(C)C)cc21. The first-order chi connectivity index (χ1) is 65.7. The van der Waals surface area contributed by atoms with E-state index >= 15 is 0 Å². The molecule has 0 aliphatic carbocycles. The molecule has 1 amide bonds. The van der Waals surface area contributed by atoms with Crippen molar-refractivity contribution >= 4 is 117 Å². The molecule has 5 N–H and O–H groups in total. The van der Waals surface area contributed by atoms with Crippen LogP contribution in [0.4, 0.5) is 0 Å². The second kappa shape index (κ2) is 44.5. The van der Waals surface area contributed by atoms with Gasteiger partial charge in [0.2, 0.25) is 11.8 Å². The number of aromatic amines is 4. The number of carbonyl (C=O) groups excluding carboxylic acids is 5. The molecular formula is C123H155N11O7. The molecule has 141 heavy (non-hydrogen) atoms. The number of benzene rings is 9. The lowest BCUT2D eigenvalue weighted by Crippen LogP contribution is -2.38. The van der Waals surface area contributed by atoms with Crippen LogP contribution in [0, 0.1) is 11.3 Å². The van der Waals surface area contributed by atoms with Crippen LogP contribution in [-0.2, 0) is 76.6 Å². The number of nitrogens with zero attached hydrogens (tertiary/aromatic N) is 6.